The van der Waals surface area contributed by atoms with Gasteiger partial charge in [-0.2, -0.15) is 0 Å². The van der Waals surface area contributed by atoms with Crippen LogP contribution in [0.1, 0.15) is 41.4 Å². The number of hydrogen-bond acceptors (Lipinski definition) is 4. The standard InChI is InChI=1S/C17H19NO3/c1-20-17(19)13-7-5-12(6-8-13)15-9-10-16(21-15)14-4-2-3-11-18-14/h5-10,14,18H,2-4,11H2,1H3/t14-/m0/s1. The van der Waals surface area contributed by atoms with Crippen LogP contribution in [0, 0.1) is 0 Å². The Labute approximate surface area is 124 Å². The van der Waals surface area contributed by atoms with Crippen molar-refractivity contribution in [3.63, 3.8) is 0 Å². The zero-order chi connectivity index (χ0) is 14.7. The fraction of sp³-hybridized carbons (Fsp3) is 0.353. The van der Waals surface area contributed by atoms with E-state index in [0.29, 0.717) is 11.6 Å². The molecule has 1 aliphatic heterocycles. The molecule has 4 heteroatoms. The zero-order valence-corrected chi connectivity index (χ0v) is 12.1. The molecule has 1 N–H and O–H groups in total. The first-order valence-electron chi connectivity index (χ1n) is 7.30. The van der Waals surface area contributed by atoms with Crippen molar-refractivity contribution in [2.75, 3.05) is 13.7 Å². The van der Waals surface area contributed by atoms with Gasteiger partial charge in [0.2, 0.25) is 0 Å². The summed E-state index contributed by atoms with van der Waals surface area (Å²) in [6.07, 6.45) is 3.59. The van der Waals surface area contributed by atoms with Gasteiger partial charge in [0.25, 0.3) is 0 Å². The lowest BCUT2D eigenvalue weighted by atomic mass is 10.0. The molecule has 0 bridgehead atoms. The van der Waals surface area contributed by atoms with Gasteiger partial charge in [-0.05, 0) is 43.7 Å². The molecule has 2 aromatic rings. The summed E-state index contributed by atoms with van der Waals surface area (Å²) in [5, 5.41) is 3.48. The molecule has 2 heterocycles. The minimum Gasteiger partial charge on any atom is -0.465 e. The maximum absolute atomic E-state index is 11.4. The van der Waals surface area contributed by atoms with Crippen molar-refractivity contribution < 1.29 is 13.9 Å². The van der Waals surface area contributed by atoms with Crippen LogP contribution in [0.15, 0.2) is 40.8 Å². The zero-order valence-electron chi connectivity index (χ0n) is 12.1. The highest BCUT2D eigenvalue weighted by molar-refractivity contribution is 5.89. The van der Waals surface area contributed by atoms with Crippen LogP contribution in [0.3, 0.4) is 0 Å². The number of rotatable bonds is 3. The van der Waals surface area contributed by atoms with Gasteiger partial charge in [0, 0.05) is 5.56 Å². The van der Waals surface area contributed by atoms with Crippen LogP contribution in [0.2, 0.25) is 0 Å². The van der Waals surface area contributed by atoms with Crippen molar-refractivity contribution in [3.8, 4) is 11.3 Å². The topological polar surface area (TPSA) is 51.5 Å². The smallest absolute Gasteiger partial charge is 0.337 e. The Morgan fingerprint density at radius 1 is 1.19 bits per heavy atom. The molecule has 4 nitrogen and oxygen atoms in total. The average Bonchev–Trinajstić information content (AvgIpc) is 3.05. The third-order valence-corrected chi connectivity index (χ3v) is 3.87. The van der Waals surface area contributed by atoms with Gasteiger partial charge in [0.1, 0.15) is 11.5 Å². The molecule has 0 saturated carbocycles. The molecule has 0 amide bonds. The SMILES string of the molecule is COC(=O)c1ccc(-c2ccc([C@@H]3CCCCN3)o2)cc1. The summed E-state index contributed by atoms with van der Waals surface area (Å²) >= 11 is 0. The lowest BCUT2D eigenvalue weighted by molar-refractivity contribution is 0.0601. The van der Waals surface area contributed by atoms with Gasteiger partial charge < -0.3 is 14.5 Å². The van der Waals surface area contributed by atoms with Crippen molar-refractivity contribution in [1.82, 2.24) is 5.32 Å². The molecule has 21 heavy (non-hydrogen) atoms. The summed E-state index contributed by atoms with van der Waals surface area (Å²) < 4.78 is 10.7. The number of esters is 1. The first-order chi connectivity index (χ1) is 10.3. The average molecular weight is 285 g/mol. The van der Waals surface area contributed by atoms with Crippen LogP contribution in [0.25, 0.3) is 11.3 Å². The van der Waals surface area contributed by atoms with E-state index < -0.39 is 0 Å². The monoisotopic (exact) mass is 285 g/mol. The van der Waals surface area contributed by atoms with Crippen molar-refractivity contribution in [1.29, 1.82) is 0 Å². The first-order valence-corrected chi connectivity index (χ1v) is 7.30. The normalized spacial score (nSPS) is 18.4. The van der Waals surface area contributed by atoms with Crippen LogP contribution >= 0.6 is 0 Å². The Morgan fingerprint density at radius 2 is 2.00 bits per heavy atom. The fourth-order valence-corrected chi connectivity index (χ4v) is 2.68. The Hall–Kier alpha value is -2.07. The number of furan rings is 1. The number of hydrogen-bond donors (Lipinski definition) is 1. The van der Waals surface area contributed by atoms with Crippen LogP contribution in [-0.4, -0.2) is 19.6 Å². The maximum Gasteiger partial charge on any atom is 0.337 e. The third-order valence-electron chi connectivity index (χ3n) is 3.87. The fourth-order valence-electron chi connectivity index (χ4n) is 2.68. The lowest BCUT2D eigenvalue weighted by Crippen LogP contribution is -2.26. The molecule has 1 saturated heterocycles. The quantitative estimate of drug-likeness (QED) is 0.876. The van der Waals surface area contributed by atoms with Gasteiger partial charge in [-0.25, -0.2) is 4.79 Å². The highest BCUT2D eigenvalue weighted by Gasteiger charge is 2.18. The van der Waals surface area contributed by atoms with Gasteiger partial charge in [-0.15, -0.1) is 0 Å². The summed E-state index contributed by atoms with van der Waals surface area (Å²) in [5.74, 6) is 1.49. The summed E-state index contributed by atoms with van der Waals surface area (Å²) in [5.41, 5.74) is 1.51. The summed E-state index contributed by atoms with van der Waals surface area (Å²) in [7, 11) is 1.38. The van der Waals surface area contributed by atoms with Crippen LogP contribution in [0.4, 0.5) is 0 Å². The van der Waals surface area contributed by atoms with Gasteiger partial charge in [0.05, 0.1) is 18.7 Å². The second-order valence-corrected chi connectivity index (χ2v) is 5.27. The number of benzene rings is 1. The molecule has 0 unspecified atom stereocenters. The lowest BCUT2D eigenvalue weighted by Gasteiger charge is -2.21. The Kier molecular flexibility index (Phi) is 4.06. The highest BCUT2D eigenvalue weighted by atomic mass is 16.5. The number of carbonyl (C=O) groups is 1. The van der Waals surface area contributed by atoms with Gasteiger partial charge in [0.15, 0.2) is 0 Å². The summed E-state index contributed by atoms with van der Waals surface area (Å²) in [6.45, 7) is 1.05. The number of piperidine rings is 1. The van der Waals surface area contributed by atoms with Gasteiger partial charge in [-0.3, -0.25) is 0 Å². The molecule has 3 rings (SSSR count). The Bertz CT molecular complexity index is 609. The Morgan fingerprint density at radius 3 is 2.67 bits per heavy atom. The maximum atomic E-state index is 11.4. The second-order valence-electron chi connectivity index (χ2n) is 5.27. The molecule has 1 aromatic heterocycles. The molecular formula is C17H19NO3. The van der Waals surface area contributed by atoms with Crippen LogP contribution in [0.5, 0.6) is 0 Å². The van der Waals surface area contributed by atoms with E-state index >= 15 is 0 Å². The van der Waals surface area contributed by atoms with Crippen molar-refractivity contribution in [2.45, 2.75) is 25.3 Å². The second kappa shape index (κ2) is 6.14. The first kappa shape index (κ1) is 13.9. The van der Waals surface area contributed by atoms with E-state index in [2.05, 4.69) is 5.32 Å². The molecule has 1 fully saturated rings. The predicted molar refractivity (Wildman–Crippen MR) is 80.1 cm³/mol. The van der Waals surface area contributed by atoms with E-state index in [4.69, 9.17) is 9.15 Å². The minimum absolute atomic E-state index is 0.321. The molecule has 1 aliphatic rings. The molecule has 110 valence electrons. The predicted octanol–water partition coefficient (Wildman–Crippen LogP) is 3.55. The molecule has 1 aromatic carbocycles. The number of ether oxygens (including phenoxy) is 1. The Balaban J connectivity index is 1.77. The summed E-state index contributed by atoms with van der Waals surface area (Å²) in [4.78, 5) is 11.4. The molecular weight excluding hydrogens is 266 g/mol. The number of nitrogens with one attached hydrogen (secondary N) is 1. The highest BCUT2D eigenvalue weighted by Crippen LogP contribution is 2.29. The van der Waals surface area contributed by atoms with Crippen molar-refractivity contribution >= 4 is 5.97 Å². The minimum atomic E-state index is -0.326. The van der Waals surface area contributed by atoms with E-state index in [-0.39, 0.29) is 5.97 Å². The van der Waals surface area contributed by atoms with Crippen molar-refractivity contribution in [3.05, 3.63) is 47.7 Å². The van der Waals surface area contributed by atoms with E-state index in [1.807, 2.05) is 24.3 Å². The van der Waals surface area contributed by atoms with Crippen LogP contribution in [-0.2, 0) is 4.74 Å². The van der Waals surface area contributed by atoms with E-state index in [0.717, 1.165) is 30.0 Å². The molecule has 0 spiro atoms. The molecule has 0 radical (unpaired) electrons. The number of methoxy groups -OCH3 is 1. The van der Waals surface area contributed by atoms with Gasteiger partial charge >= 0.3 is 5.97 Å². The third kappa shape index (κ3) is 3.00. The summed E-state index contributed by atoms with van der Waals surface area (Å²) in [6, 6.07) is 11.6. The van der Waals surface area contributed by atoms with Crippen LogP contribution < -0.4 is 5.32 Å². The van der Waals surface area contributed by atoms with E-state index in [9.17, 15) is 4.79 Å². The number of carbonyl (C=O) groups excluding carboxylic acids is 1. The van der Waals surface area contributed by atoms with Gasteiger partial charge in [-0.1, -0.05) is 18.6 Å². The van der Waals surface area contributed by atoms with E-state index in [1.54, 1.807) is 12.1 Å². The molecule has 1 atom stereocenters. The van der Waals surface area contributed by atoms with E-state index in [1.165, 1.54) is 20.0 Å². The molecule has 0 aliphatic carbocycles. The largest absolute Gasteiger partial charge is 0.465 e. The van der Waals surface area contributed by atoms with Crippen molar-refractivity contribution in [2.24, 2.45) is 0 Å².